The molecule has 0 spiro atoms. The predicted octanol–water partition coefficient (Wildman–Crippen LogP) is 0.576. The zero-order chi connectivity index (χ0) is 10.8. The molecule has 5 nitrogen and oxygen atoms in total. The number of nitrogens with one attached hydrogen (secondary N) is 1. The number of aromatic hydroxyl groups is 1. The third-order valence-corrected chi connectivity index (χ3v) is 2.05. The second-order valence-electron chi connectivity index (χ2n) is 2.76. The SMILES string of the molecule is CS(=O)(=O)Nc1cc(O)ccc1C=O. The van der Waals surface area contributed by atoms with Crippen molar-refractivity contribution in [2.75, 3.05) is 11.0 Å². The van der Waals surface area contributed by atoms with Crippen LogP contribution in [0.2, 0.25) is 0 Å². The molecule has 1 rings (SSSR count). The highest BCUT2D eigenvalue weighted by Crippen LogP contribution is 2.20. The molecule has 0 fully saturated rings. The van der Waals surface area contributed by atoms with Crippen LogP contribution in [0.3, 0.4) is 0 Å². The van der Waals surface area contributed by atoms with Crippen LogP contribution < -0.4 is 4.72 Å². The molecule has 1 aromatic carbocycles. The van der Waals surface area contributed by atoms with E-state index in [9.17, 15) is 13.2 Å². The van der Waals surface area contributed by atoms with Gasteiger partial charge in [0.25, 0.3) is 0 Å². The summed E-state index contributed by atoms with van der Waals surface area (Å²) in [4.78, 5) is 10.5. The lowest BCUT2D eigenvalue weighted by Crippen LogP contribution is -2.11. The Balaban J connectivity index is 3.18. The van der Waals surface area contributed by atoms with Crippen molar-refractivity contribution in [3.63, 3.8) is 0 Å². The van der Waals surface area contributed by atoms with E-state index in [4.69, 9.17) is 5.11 Å². The zero-order valence-corrected chi connectivity index (χ0v) is 8.21. The summed E-state index contributed by atoms with van der Waals surface area (Å²) < 4.78 is 23.9. The molecule has 0 saturated heterocycles. The number of aldehydes is 1. The van der Waals surface area contributed by atoms with E-state index in [1.54, 1.807) is 0 Å². The van der Waals surface area contributed by atoms with Crippen LogP contribution in [0.1, 0.15) is 10.4 Å². The second kappa shape index (κ2) is 3.67. The molecule has 1 aromatic rings. The minimum atomic E-state index is -3.45. The fourth-order valence-electron chi connectivity index (χ4n) is 0.935. The summed E-state index contributed by atoms with van der Waals surface area (Å²) in [6.07, 6.45) is 1.47. The van der Waals surface area contributed by atoms with E-state index in [-0.39, 0.29) is 17.0 Å². The van der Waals surface area contributed by atoms with Gasteiger partial charge in [-0.05, 0) is 12.1 Å². The Bertz CT molecular complexity index is 452. The van der Waals surface area contributed by atoms with E-state index in [0.29, 0.717) is 6.29 Å². The first kappa shape index (κ1) is 10.5. The third kappa shape index (κ3) is 2.74. The lowest BCUT2D eigenvalue weighted by atomic mass is 10.2. The Kier molecular flexibility index (Phi) is 2.76. The van der Waals surface area contributed by atoms with E-state index in [0.717, 1.165) is 6.26 Å². The fraction of sp³-hybridized carbons (Fsp3) is 0.125. The summed E-state index contributed by atoms with van der Waals surface area (Å²) in [7, 11) is -3.45. The standard InChI is InChI=1S/C8H9NO4S/c1-14(12,13)9-8-4-7(11)3-2-6(8)5-10/h2-5,9,11H,1H3. The number of hydrogen-bond acceptors (Lipinski definition) is 4. The number of benzene rings is 1. The molecule has 0 aliphatic heterocycles. The molecule has 0 atom stereocenters. The largest absolute Gasteiger partial charge is 0.508 e. The molecule has 0 aromatic heterocycles. The molecule has 0 aliphatic rings. The van der Waals surface area contributed by atoms with Crippen LogP contribution >= 0.6 is 0 Å². The Morgan fingerprint density at radius 2 is 2.07 bits per heavy atom. The zero-order valence-electron chi connectivity index (χ0n) is 7.39. The molecular weight excluding hydrogens is 206 g/mol. The van der Waals surface area contributed by atoms with E-state index in [1.165, 1.54) is 18.2 Å². The Morgan fingerprint density at radius 1 is 1.43 bits per heavy atom. The number of carbonyl (C=O) groups is 1. The number of sulfonamides is 1. The van der Waals surface area contributed by atoms with E-state index >= 15 is 0 Å². The average molecular weight is 215 g/mol. The molecular formula is C8H9NO4S. The summed E-state index contributed by atoms with van der Waals surface area (Å²) in [5, 5.41) is 9.08. The summed E-state index contributed by atoms with van der Waals surface area (Å²) in [6, 6.07) is 3.80. The van der Waals surface area contributed by atoms with Gasteiger partial charge in [-0.15, -0.1) is 0 Å². The molecule has 2 N–H and O–H groups in total. The smallest absolute Gasteiger partial charge is 0.229 e. The van der Waals surface area contributed by atoms with Gasteiger partial charge in [0.15, 0.2) is 6.29 Å². The van der Waals surface area contributed by atoms with Crippen molar-refractivity contribution in [3.8, 4) is 5.75 Å². The first-order valence-corrected chi connectivity index (χ1v) is 5.57. The summed E-state index contributed by atoms with van der Waals surface area (Å²) in [6.45, 7) is 0. The maximum atomic E-state index is 10.9. The van der Waals surface area contributed by atoms with Crippen LogP contribution in [-0.2, 0) is 10.0 Å². The summed E-state index contributed by atoms with van der Waals surface area (Å²) >= 11 is 0. The molecule has 0 heterocycles. The minimum Gasteiger partial charge on any atom is -0.508 e. The third-order valence-electron chi connectivity index (χ3n) is 1.46. The number of anilines is 1. The number of carbonyl (C=O) groups excluding carboxylic acids is 1. The van der Waals surface area contributed by atoms with Gasteiger partial charge in [0, 0.05) is 11.6 Å². The summed E-state index contributed by atoms with van der Waals surface area (Å²) in [5.41, 5.74) is 0.246. The maximum Gasteiger partial charge on any atom is 0.229 e. The highest BCUT2D eigenvalue weighted by atomic mass is 32.2. The number of phenolic OH excluding ortho intramolecular Hbond substituents is 1. The lowest BCUT2D eigenvalue weighted by Gasteiger charge is -2.06. The van der Waals surface area contributed by atoms with Crippen molar-refractivity contribution < 1.29 is 18.3 Å². The molecule has 76 valence electrons. The van der Waals surface area contributed by atoms with Gasteiger partial charge < -0.3 is 5.11 Å². The van der Waals surface area contributed by atoms with Gasteiger partial charge >= 0.3 is 0 Å². The number of hydrogen-bond donors (Lipinski definition) is 2. The quantitative estimate of drug-likeness (QED) is 0.722. The molecule has 0 unspecified atom stereocenters. The van der Waals surface area contributed by atoms with Crippen molar-refractivity contribution in [3.05, 3.63) is 23.8 Å². The van der Waals surface area contributed by atoms with Gasteiger partial charge in [-0.3, -0.25) is 9.52 Å². The molecule has 0 bridgehead atoms. The fourth-order valence-corrected chi connectivity index (χ4v) is 1.51. The Labute approximate surface area is 81.4 Å². The maximum absolute atomic E-state index is 10.9. The first-order chi connectivity index (χ1) is 6.42. The van der Waals surface area contributed by atoms with Gasteiger partial charge in [0.2, 0.25) is 10.0 Å². The van der Waals surface area contributed by atoms with Crippen LogP contribution in [0.5, 0.6) is 5.75 Å². The van der Waals surface area contributed by atoms with Crippen molar-refractivity contribution >= 4 is 22.0 Å². The highest BCUT2D eigenvalue weighted by molar-refractivity contribution is 7.92. The van der Waals surface area contributed by atoms with Crippen molar-refractivity contribution in [1.29, 1.82) is 0 Å². The molecule has 6 heteroatoms. The predicted molar refractivity (Wildman–Crippen MR) is 52.0 cm³/mol. The van der Waals surface area contributed by atoms with Crippen molar-refractivity contribution in [1.82, 2.24) is 0 Å². The van der Waals surface area contributed by atoms with Gasteiger partial charge in [-0.1, -0.05) is 0 Å². The Morgan fingerprint density at radius 3 is 2.57 bits per heavy atom. The van der Waals surface area contributed by atoms with Crippen molar-refractivity contribution in [2.24, 2.45) is 0 Å². The second-order valence-corrected chi connectivity index (χ2v) is 4.51. The number of phenols is 1. The van der Waals surface area contributed by atoms with Gasteiger partial charge in [0.1, 0.15) is 5.75 Å². The summed E-state index contributed by atoms with van der Waals surface area (Å²) in [5.74, 6) is -0.109. The van der Waals surface area contributed by atoms with E-state index in [1.807, 2.05) is 0 Å². The van der Waals surface area contributed by atoms with Gasteiger partial charge in [-0.25, -0.2) is 8.42 Å². The molecule has 0 amide bonds. The van der Waals surface area contributed by atoms with Crippen LogP contribution in [-0.4, -0.2) is 26.1 Å². The lowest BCUT2D eigenvalue weighted by molar-refractivity contribution is 0.112. The van der Waals surface area contributed by atoms with Gasteiger partial charge in [0.05, 0.1) is 11.9 Å². The van der Waals surface area contributed by atoms with Crippen LogP contribution in [0, 0.1) is 0 Å². The topological polar surface area (TPSA) is 83.5 Å². The van der Waals surface area contributed by atoms with Crippen LogP contribution in [0.4, 0.5) is 5.69 Å². The normalized spacial score (nSPS) is 10.9. The van der Waals surface area contributed by atoms with Gasteiger partial charge in [-0.2, -0.15) is 0 Å². The minimum absolute atomic E-state index is 0.0718. The molecule has 0 radical (unpaired) electrons. The molecule has 14 heavy (non-hydrogen) atoms. The van der Waals surface area contributed by atoms with E-state index < -0.39 is 10.0 Å². The van der Waals surface area contributed by atoms with E-state index in [2.05, 4.69) is 4.72 Å². The number of rotatable bonds is 3. The molecule has 0 aliphatic carbocycles. The first-order valence-electron chi connectivity index (χ1n) is 3.68. The van der Waals surface area contributed by atoms with Crippen molar-refractivity contribution in [2.45, 2.75) is 0 Å². The highest BCUT2D eigenvalue weighted by Gasteiger charge is 2.07. The molecule has 0 saturated carbocycles. The van der Waals surface area contributed by atoms with Crippen LogP contribution in [0.15, 0.2) is 18.2 Å². The van der Waals surface area contributed by atoms with Crippen LogP contribution in [0.25, 0.3) is 0 Å². The average Bonchev–Trinajstić information content (AvgIpc) is 2.01. The Hall–Kier alpha value is -1.56. The monoisotopic (exact) mass is 215 g/mol.